The minimum Gasteiger partial charge on any atom is -0.398 e. The molecule has 3 N–H and O–H groups in total. The fourth-order valence-electron chi connectivity index (χ4n) is 2.10. The summed E-state index contributed by atoms with van der Waals surface area (Å²) in [6.07, 6.45) is 3.53. The average molecular weight is 306 g/mol. The van der Waals surface area contributed by atoms with Crippen molar-refractivity contribution in [2.75, 3.05) is 12.8 Å². The number of nitrogens with two attached hydrogens (primary N) is 1. The van der Waals surface area contributed by atoms with Gasteiger partial charge < -0.3 is 11.1 Å². The second-order valence-corrected chi connectivity index (χ2v) is 5.14. The van der Waals surface area contributed by atoms with E-state index in [1.165, 1.54) is 11.1 Å². The zero-order valence-corrected chi connectivity index (χ0v) is 12.0. The molecular formula is C14H16BrN3. The molecule has 0 aliphatic rings. The average Bonchev–Trinajstić information content (AvgIpc) is 2.34. The maximum atomic E-state index is 6.03. The second kappa shape index (κ2) is 5.50. The highest BCUT2D eigenvalue weighted by Gasteiger charge is 2.16. The van der Waals surface area contributed by atoms with E-state index < -0.39 is 0 Å². The lowest BCUT2D eigenvalue weighted by molar-refractivity contribution is 0.686. The fraction of sp³-hybridized carbons (Fsp3) is 0.214. The van der Waals surface area contributed by atoms with E-state index in [-0.39, 0.29) is 6.04 Å². The fourth-order valence-corrected chi connectivity index (χ4v) is 2.58. The predicted molar refractivity (Wildman–Crippen MR) is 78.4 cm³/mol. The first-order valence-electron chi connectivity index (χ1n) is 5.76. The van der Waals surface area contributed by atoms with Crippen molar-refractivity contribution in [2.45, 2.75) is 13.0 Å². The van der Waals surface area contributed by atoms with E-state index in [2.05, 4.69) is 45.3 Å². The van der Waals surface area contributed by atoms with Crippen LogP contribution in [0.4, 0.5) is 5.69 Å². The van der Waals surface area contributed by atoms with Crippen molar-refractivity contribution < 1.29 is 0 Å². The number of aryl methyl sites for hydroxylation is 1. The van der Waals surface area contributed by atoms with Crippen LogP contribution in [0.25, 0.3) is 0 Å². The lowest BCUT2D eigenvalue weighted by atomic mass is 9.95. The van der Waals surface area contributed by atoms with Crippen molar-refractivity contribution in [1.29, 1.82) is 0 Å². The van der Waals surface area contributed by atoms with Gasteiger partial charge in [0, 0.05) is 28.1 Å². The van der Waals surface area contributed by atoms with Crippen molar-refractivity contribution in [3.8, 4) is 0 Å². The van der Waals surface area contributed by atoms with Crippen molar-refractivity contribution in [1.82, 2.24) is 10.3 Å². The quantitative estimate of drug-likeness (QED) is 0.916. The maximum Gasteiger partial charge on any atom is 0.0612 e. The number of benzene rings is 1. The molecule has 94 valence electrons. The van der Waals surface area contributed by atoms with Crippen LogP contribution in [0.5, 0.6) is 0 Å². The number of nitrogens with zero attached hydrogens (tertiary/aromatic N) is 1. The van der Waals surface area contributed by atoms with E-state index in [9.17, 15) is 0 Å². The Bertz CT molecular complexity index is 554. The molecule has 1 heterocycles. The minimum absolute atomic E-state index is 0.0619. The van der Waals surface area contributed by atoms with E-state index in [1.807, 2.05) is 25.4 Å². The van der Waals surface area contributed by atoms with Crippen LogP contribution in [0.15, 0.2) is 41.1 Å². The van der Waals surface area contributed by atoms with Gasteiger partial charge in [-0.05, 0) is 43.3 Å². The zero-order valence-electron chi connectivity index (χ0n) is 10.4. The van der Waals surface area contributed by atoms with Gasteiger partial charge in [-0.1, -0.05) is 22.0 Å². The number of nitrogen functional groups attached to an aromatic ring is 1. The summed E-state index contributed by atoms with van der Waals surface area (Å²) < 4.78 is 1.08. The highest BCUT2D eigenvalue weighted by Crippen LogP contribution is 2.29. The molecule has 1 aromatic heterocycles. The Kier molecular flexibility index (Phi) is 3.99. The summed E-state index contributed by atoms with van der Waals surface area (Å²) in [5.74, 6) is 0. The maximum absolute atomic E-state index is 6.03. The molecule has 2 aromatic rings. The van der Waals surface area contributed by atoms with Crippen LogP contribution in [0, 0.1) is 6.92 Å². The Morgan fingerprint density at radius 2 is 2.06 bits per heavy atom. The zero-order chi connectivity index (χ0) is 13.1. The summed E-state index contributed by atoms with van der Waals surface area (Å²) in [6, 6.07) is 8.14. The standard InChI is InChI=1S/C14H16BrN3/c1-9-7-10(15)3-4-11(9)14(17-2)12-8-18-6-5-13(12)16/h3-8,14,17H,1-2H3,(H2,16,18). The van der Waals surface area contributed by atoms with Gasteiger partial charge in [-0.3, -0.25) is 4.98 Å². The van der Waals surface area contributed by atoms with Gasteiger partial charge in [-0.2, -0.15) is 0 Å². The third-order valence-electron chi connectivity index (χ3n) is 3.03. The summed E-state index contributed by atoms with van der Waals surface area (Å²) >= 11 is 3.48. The van der Waals surface area contributed by atoms with Crippen molar-refractivity contribution in [2.24, 2.45) is 0 Å². The van der Waals surface area contributed by atoms with E-state index in [1.54, 1.807) is 6.20 Å². The molecule has 0 aliphatic heterocycles. The Labute approximate surface area is 116 Å². The summed E-state index contributed by atoms with van der Waals surface area (Å²) in [5, 5.41) is 3.30. The molecule has 18 heavy (non-hydrogen) atoms. The number of hydrogen-bond acceptors (Lipinski definition) is 3. The molecule has 1 unspecified atom stereocenters. The Balaban J connectivity index is 2.49. The molecule has 1 atom stereocenters. The number of aromatic nitrogens is 1. The SMILES string of the molecule is CNC(c1ccc(Br)cc1C)c1cnccc1N. The van der Waals surface area contributed by atoms with Gasteiger partial charge in [-0.15, -0.1) is 0 Å². The number of halogens is 1. The molecule has 0 spiro atoms. The van der Waals surface area contributed by atoms with Crippen LogP contribution in [0.2, 0.25) is 0 Å². The van der Waals surface area contributed by atoms with Crippen LogP contribution < -0.4 is 11.1 Å². The summed E-state index contributed by atoms with van der Waals surface area (Å²) in [6.45, 7) is 2.09. The molecule has 0 saturated carbocycles. The molecule has 0 bridgehead atoms. The number of pyridine rings is 1. The van der Waals surface area contributed by atoms with Crippen molar-refractivity contribution in [3.63, 3.8) is 0 Å². The number of anilines is 1. The molecule has 1 aromatic carbocycles. The summed E-state index contributed by atoms with van der Waals surface area (Å²) in [7, 11) is 1.93. The number of nitrogens with one attached hydrogen (secondary N) is 1. The smallest absolute Gasteiger partial charge is 0.0612 e. The highest BCUT2D eigenvalue weighted by atomic mass is 79.9. The predicted octanol–water partition coefficient (Wildman–Crippen LogP) is 3.04. The van der Waals surface area contributed by atoms with Crippen LogP contribution in [0.3, 0.4) is 0 Å². The Morgan fingerprint density at radius 1 is 1.28 bits per heavy atom. The van der Waals surface area contributed by atoms with Crippen LogP contribution >= 0.6 is 15.9 Å². The molecule has 0 amide bonds. The lowest BCUT2D eigenvalue weighted by Gasteiger charge is -2.20. The summed E-state index contributed by atoms with van der Waals surface area (Å²) in [5.41, 5.74) is 10.2. The van der Waals surface area contributed by atoms with Gasteiger partial charge in [0.2, 0.25) is 0 Å². The van der Waals surface area contributed by atoms with E-state index in [4.69, 9.17) is 5.73 Å². The first kappa shape index (κ1) is 13.1. The van der Waals surface area contributed by atoms with Crippen LogP contribution in [-0.4, -0.2) is 12.0 Å². The van der Waals surface area contributed by atoms with Gasteiger partial charge in [-0.25, -0.2) is 0 Å². The first-order chi connectivity index (χ1) is 8.63. The number of rotatable bonds is 3. The third kappa shape index (κ3) is 2.54. The normalized spacial score (nSPS) is 12.4. The van der Waals surface area contributed by atoms with E-state index in [0.717, 1.165) is 15.7 Å². The highest BCUT2D eigenvalue weighted by molar-refractivity contribution is 9.10. The monoisotopic (exact) mass is 305 g/mol. The van der Waals surface area contributed by atoms with Gasteiger partial charge in [0.05, 0.1) is 6.04 Å². The van der Waals surface area contributed by atoms with E-state index >= 15 is 0 Å². The molecule has 0 aliphatic carbocycles. The molecule has 2 rings (SSSR count). The first-order valence-corrected chi connectivity index (χ1v) is 6.55. The topological polar surface area (TPSA) is 50.9 Å². The van der Waals surface area contributed by atoms with Gasteiger partial charge in [0.15, 0.2) is 0 Å². The van der Waals surface area contributed by atoms with Crippen molar-refractivity contribution >= 4 is 21.6 Å². The van der Waals surface area contributed by atoms with Crippen LogP contribution in [-0.2, 0) is 0 Å². The largest absolute Gasteiger partial charge is 0.398 e. The molecular weight excluding hydrogens is 290 g/mol. The molecule has 0 saturated heterocycles. The van der Waals surface area contributed by atoms with Gasteiger partial charge in [0.1, 0.15) is 0 Å². The van der Waals surface area contributed by atoms with Crippen LogP contribution in [0.1, 0.15) is 22.7 Å². The second-order valence-electron chi connectivity index (χ2n) is 4.23. The lowest BCUT2D eigenvalue weighted by Crippen LogP contribution is -2.20. The third-order valence-corrected chi connectivity index (χ3v) is 3.52. The van der Waals surface area contributed by atoms with E-state index in [0.29, 0.717) is 0 Å². The van der Waals surface area contributed by atoms with Gasteiger partial charge in [0.25, 0.3) is 0 Å². The molecule has 0 radical (unpaired) electrons. The van der Waals surface area contributed by atoms with Gasteiger partial charge >= 0.3 is 0 Å². The number of hydrogen-bond donors (Lipinski definition) is 2. The van der Waals surface area contributed by atoms with Crippen molar-refractivity contribution in [3.05, 3.63) is 57.8 Å². The Hall–Kier alpha value is -1.39. The Morgan fingerprint density at radius 3 is 2.67 bits per heavy atom. The summed E-state index contributed by atoms with van der Waals surface area (Å²) in [4.78, 5) is 4.16. The molecule has 0 fully saturated rings. The molecule has 3 nitrogen and oxygen atoms in total. The molecule has 4 heteroatoms. The minimum atomic E-state index is 0.0619.